The smallest absolute Gasteiger partial charge is 0.243 e. The van der Waals surface area contributed by atoms with Gasteiger partial charge in [-0.3, -0.25) is 9.69 Å². The van der Waals surface area contributed by atoms with E-state index in [9.17, 15) is 13.2 Å². The molecule has 148 valence electrons. The third kappa shape index (κ3) is 4.10. The Morgan fingerprint density at radius 1 is 0.793 bits per heavy atom. The lowest BCUT2D eigenvalue weighted by atomic mass is 10.2. The minimum atomic E-state index is -3.67. The molecule has 1 amide bonds. The largest absolute Gasteiger partial charge is 0.457 e. The molecule has 0 aliphatic carbocycles. The molecule has 1 unspecified atom stereocenters. The van der Waals surface area contributed by atoms with E-state index in [-0.39, 0.29) is 0 Å². The Morgan fingerprint density at radius 2 is 1.28 bits per heavy atom. The molecule has 1 heterocycles. The molecule has 0 saturated carbocycles. The Balaban J connectivity index is 1.64. The molecule has 0 N–H and O–H groups in total. The van der Waals surface area contributed by atoms with Crippen molar-refractivity contribution in [1.82, 2.24) is 0 Å². The fourth-order valence-electron chi connectivity index (χ4n) is 3.19. The molecule has 3 aromatic carbocycles. The summed E-state index contributed by atoms with van der Waals surface area (Å²) in [6, 6.07) is 20.1. The molecule has 29 heavy (non-hydrogen) atoms. The van der Waals surface area contributed by atoms with Crippen LogP contribution in [-0.4, -0.2) is 20.1 Å². The Morgan fingerprint density at radius 3 is 1.83 bits per heavy atom. The highest BCUT2D eigenvalue weighted by Crippen LogP contribution is 2.38. The average molecular weight is 448 g/mol. The number of nitrogens with zero attached hydrogens (tertiary/aromatic N) is 1. The zero-order chi connectivity index (χ0) is 20.6. The Kier molecular flexibility index (Phi) is 5.25. The van der Waals surface area contributed by atoms with Crippen molar-refractivity contribution in [3.05, 3.63) is 88.4 Å². The van der Waals surface area contributed by atoms with E-state index in [2.05, 4.69) is 0 Å². The van der Waals surface area contributed by atoms with Crippen LogP contribution in [-0.2, 0) is 14.6 Å². The molecular weight excluding hydrogens is 433 g/mol. The summed E-state index contributed by atoms with van der Waals surface area (Å²) in [5.74, 6) is 0.148. The predicted molar refractivity (Wildman–Crippen MR) is 113 cm³/mol. The molecule has 1 atom stereocenters. The van der Waals surface area contributed by atoms with Crippen molar-refractivity contribution in [3.63, 3.8) is 0 Å². The van der Waals surface area contributed by atoms with Gasteiger partial charge in [0, 0.05) is 15.7 Å². The molecule has 0 aromatic heterocycles. The summed E-state index contributed by atoms with van der Waals surface area (Å²) in [5.41, 5.74) is 0.959. The number of amides is 1. The molecule has 0 bridgehead atoms. The first-order chi connectivity index (χ1) is 13.8. The number of hydrogen-bond acceptors (Lipinski definition) is 4. The van der Waals surface area contributed by atoms with Crippen LogP contribution in [0.3, 0.4) is 0 Å². The molecule has 0 radical (unpaired) electrons. The van der Waals surface area contributed by atoms with Crippen LogP contribution < -0.4 is 9.64 Å². The van der Waals surface area contributed by atoms with E-state index >= 15 is 0 Å². The molecule has 1 saturated heterocycles. The summed E-state index contributed by atoms with van der Waals surface area (Å²) in [5, 5.41) is 0.00992. The first kappa shape index (κ1) is 19.8. The molecule has 3 aromatic rings. The summed E-state index contributed by atoms with van der Waals surface area (Å²) in [7, 11) is -3.67. The van der Waals surface area contributed by atoms with Gasteiger partial charge >= 0.3 is 0 Å². The number of sulfone groups is 1. The van der Waals surface area contributed by atoms with Gasteiger partial charge in [-0.15, -0.1) is 0 Å². The van der Waals surface area contributed by atoms with Gasteiger partial charge in [0.1, 0.15) is 17.3 Å². The van der Waals surface area contributed by atoms with Crippen molar-refractivity contribution in [2.75, 3.05) is 10.7 Å². The van der Waals surface area contributed by atoms with E-state index in [0.717, 1.165) is 0 Å². The lowest BCUT2D eigenvalue weighted by Gasteiger charge is -2.24. The highest BCUT2D eigenvalue weighted by Gasteiger charge is 2.45. The van der Waals surface area contributed by atoms with Crippen LogP contribution in [0.15, 0.2) is 72.8 Å². The van der Waals surface area contributed by atoms with Crippen molar-refractivity contribution < 1.29 is 17.9 Å². The van der Waals surface area contributed by atoms with Crippen LogP contribution in [0.2, 0.25) is 10.0 Å². The van der Waals surface area contributed by atoms with Crippen LogP contribution in [0, 0.1) is 0 Å². The number of rotatable bonds is 4. The number of ether oxygens (including phenoxy) is 1. The molecule has 1 aliphatic heterocycles. The molecule has 0 spiro atoms. The highest BCUT2D eigenvalue weighted by molar-refractivity contribution is 7.93. The summed E-state index contributed by atoms with van der Waals surface area (Å²) >= 11 is 11.8. The molecule has 5 nitrogen and oxygen atoms in total. The van der Waals surface area contributed by atoms with Gasteiger partial charge < -0.3 is 4.74 Å². The van der Waals surface area contributed by atoms with Gasteiger partial charge in [-0.05, 0) is 66.2 Å². The van der Waals surface area contributed by atoms with Crippen LogP contribution in [0.25, 0.3) is 0 Å². The number of halogens is 2. The van der Waals surface area contributed by atoms with Gasteiger partial charge in [-0.1, -0.05) is 35.3 Å². The monoisotopic (exact) mass is 447 g/mol. The Labute approximate surface area is 178 Å². The van der Waals surface area contributed by atoms with E-state index in [0.29, 0.717) is 32.8 Å². The lowest BCUT2D eigenvalue weighted by molar-refractivity contribution is -0.115. The van der Waals surface area contributed by atoms with E-state index in [1.54, 1.807) is 72.8 Å². The van der Waals surface area contributed by atoms with Gasteiger partial charge in [-0.2, -0.15) is 0 Å². The van der Waals surface area contributed by atoms with Crippen molar-refractivity contribution >= 4 is 44.6 Å². The topological polar surface area (TPSA) is 63.7 Å². The molecule has 8 heteroatoms. The van der Waals surface area contributed by atoms with E-state index in [4.69, 9.17) is 27.9 Å². The maximum atomic E-state index is 12.6. The third-order valence-electron chi connectivity index (χ3n) is 4.49. The van der Waals surface area contributed by atoms with Crippen LogP contribution in [0.5, 0.6) is 11.5 Å². The van der Waals surface area contributed by atoms with E-state index < -0.39 is 26.9 Å². The second-order valence-electron chi connectivity index (χ2n) is 6.52. The first-order valence-electron chi connectivity index (χ1n) is 8.66. The van der Waals surface area contributed by atoms with Gasteiger partial charge in [0.2, 0.25) is 5.91 Å². The number of carbonyl (C=O) groups is 1. The second kappa shape index (κ2) is 7.71. The number of benzene rings is 3. The second-order valence-corrected chi connectivity index (χ2v) is 9.46. The summed E-state index contributed by atoms with van der Waals surface area (Å²) in [6.45, 7) is 0. The van der Waals surface area contributed by atoms with Gasteiger partial charge in [0.05, 0.1) is 0 Å². The summed E-state index contributed by atoms with van der Waals surface area (Å²) in [6.07, 6.45) is 0. The van der Waals surface area contributed by atoms with Gasteiger partial charge in [0.15, 0.2) is 15.2 Å². The summed E-state index contributed by atoms with van der Waals surface area (Å²) < 4.78 is 31.0. The molecular formula is C21H15Cl2NO4S. The zero-order valence-electron chi connectivity index (χ0n) is 15.0. The Hall–Kier alpha value is -2.54. The Bertz CT molecular complexity index is 1140. The van der Waals surface area contributed by atoms with Crippen molar-refractivity contribution in [1.29, 1.82) is 0 Å². The summed E-state index contributed by atoms with van der Waals surface area (Å²) in [4.78, 5) is 13.8. The number of anilines is 1. The third-order valence-corrected chi connectivity index (χ3v) is 6.80. The quantitative estimate of drug-likeness (QED) is 0.547. The normalized spacial score (nSPS) is 18.1. The van der Waals surface area contributed by atoms with Gasteiger partial charge in [-0.25, -0.2) is 8.42 Å². The minimum Gasteiger partial charge on any atom is -0.457 e. The van der Waals surface area contributed by atoms with Crippen LogP contribution in [0.4, 0.5) is 5.69 Å². The van der Waals surface area contributed by atoms with Crippen LogP contribution >= 0.6 is 23.2 Å². The maximum absolute atomic E-state index is 12.6. The number of carbonyl (C=O) groups excluding carboxylic acids is 1. The lowest BCUT2D eigenvalue weighted by Crippen LogP contribution is -2.29. The fourth-order valence-corrected chi connectivity index (χ4v) is 5.21. The highest BCUT2D eigenvalue weighted by atomic mass is 35.5. The van der Waals surface area contributed by atoms with Crippen LogP contribution in [0.1, 0.15) is 10.9 Å². The van der Waals surface area contributed by atoms with Crippen molar-refractivity contribution in [2.45, 2.75) is 5.37 Å². The fraction of sp³-hybridized carbons (Fsp3) is 0.0952. The van der Waals surface area contributed by atoms with E-state index in [1.807, 2.05) is 0 Å². The van der Waals surface area contributed by atoms with Gasteiger partial charge in [0.25, 0.3) is 0 Å². The van der Waals surface area contributed by atoms with Crippen molar-refractivity contribution in [2.24, 2.45) is 0 Å². The minimum absolute atomic E-state index is 0.472. The molecule has 1 aliphatic rings. The molecule has 1 fully saturated rings. The van der Waals surface area contributed by atoms with Crippen molar-refractivity contribution in [3.8, 4) is 11.5 Å². The number of hydrogen-bond donors (Lipinski definition) is 0. The standard InChI is InChI=1S/C21H15Cl2NO4S/c22-15-3-1-14(2-4-15)21-24(20(25)13-29(21,26)27)17-7-11-19(12-8-17)28-18-9-5-16(23)6-10-18/h1-12,21H,13H2. The molecule has 4 rings (SSSR count). The van der Waals surface area contributed by atoms with E-state index in [1.165, 1.54) is 4.90 Å². The SMILES string of the molecule is O=C1CS(=O)(=O)C(c2ccc(Cl)cc2)N1c1ccc(Oc2ccc(Cl)cc2)cc1. The predicted octanol–water partition coefficient (Wildman–Crippen LogP) is 5.25. The zero-order valence-corrected chi connectivity index (χ0v) is 17.3. The first-order valence-corrected chi connectivity index (χ1v) is 11.1. The maximum Gasteiger partial charge on any atom is 0.243 e. The average Bonchev–Trinajstić information content (AvgIpc) is 2.93.